The van der Waals surface area contributed by atoms with Gasteiger partial charge in [-0.2, -0.15) is 5.10 Å². The van der Waals surface area contributed by atoms with Crippen LogP contribution in [0.5, 0.6) is 0 Å². The van der Waals surface area contributed by atoms with Crippen LogP contribution in [0.2, 0.25) is 0 Å². The van der Waals surface area contributed by atoms with Crippen molar-refractivity contribution in [2.75, 3.05) is 17.3 Å². The van der Waals surface area contributed by atoms with Gasteiger partial charge in [0.2, 0.25) is 0 Å². The molecule has 0 fully saturated rings. The van der Waals surface area contributed by atoms with Crippen molar-refractivity contribution in [3.05, 3.63) is 21.0 Å². The smallest absolute Gasteiger partial charge is 0.283 e. The second-order valence-electron chi connectivity index (χ2n) is 5.04. The van der Waals surface area contributed by atoms with Gasteiger partial charge < -0.3 is 5.32 Å². The maximum Gasteiger partial charge on any atom is 0.283 e. The van der Waals surface area contributed by atoms with Crippen LogP contribution < -0.4 is 10.9 Å². The lowest BCUT2D eigenvalue weighted by Crippen LogP contribution is -2.29. The van der Waals surface area contributed by atoms with E-state index in [1.807, 2.05) is 20.8 Å². The second kappa shape index (κ2) is 7.19. The molecule has 7 heteroatoms. The Balaban J connectivity index is 2.90. The summed E-state index contributed by atoms with van der Waals surface area (Å²) in [6.45, 7) is 6.58. The van der Waals surface area contributed by atoms with Crippen LogP contribution in [0, 0.1) is 5.92 Å². The first-order valence-corrected chi connectivity index (χ1v) is 8.65. The van der Waals surface area contributed by atoms with Gasteiger partial charge in [0.15, 0.2) is 0 Å². The zero-order valence-electron chi connectivity index (χ0n) is 11.6. The Morgan fingerprint density at radius 1 is 1.47 bits per heavy atom. The lowest BCUT2D eigenvalue weighted by atomic mass is 10.2. The van der Waals surface area contributed by atoms with Crippen molar-refractivity contribution in [2.45, 2.75) is 33.4 Å². The number of nitrogens with one attached hydrogen (secondary N) is 1. The van der Waals surface area contributed by atoms with E-state index in [2.05, 4.69) is 26.3 Å². The van der Waals surface area contributed by atoms with Gasteiger partial charge in [-0.15, -0.1) is 0 Å². The minimum Gasteiger partial charge on any atom is -0.379 e. The Morgan fingerprint density at radius 2 is 2.11 bits per heavy atom. The molecule has 0 aliphatic carbocycles. The summed E-state index contributed by atoms with van der Waals surface area (Å²) < 4.78 is 13.1. The van der Waals surface area contributed by atoms with E-state index in [-0.39, 0.29) is 11.6 Å². The highest BCUT2D eigenvalue weighted by Gasteiger charge is 2.12. The third-order valence-corrected chi connectivity index (χ3v) is 4.15. The van der Waals surface area contributed by atoms with E-state index < -0.39 is 10.8 Å². The maximum absolute atomic E-state index is 12.1. The maximum atomic E-state index is 12.1. The molecule has 5 nitrogen and oxygen atoms in total. The first kappa shape index (κ1) is 16.4. The molecule has 1 heterocycles. The van der Waals surface area contributed by atoms with Crippen LogP contribution in [0.3, 0.4) is 0 Å². The number of hydrogen-bond acceptors (Lipinski definition) is 4. The summed E-state index contributed by atoms with van der Waals surface area (Å²) >= 11 is 3.30. The number of hydrogen-bond donors (Lipinski definition) is 1. The van der Waals surface area contributed by atoms with Gasteiger partial charge in [0.05, 0.1) is 11.9 Å². The Bertz CT molecular complexity index is 516. The molecule has 0 spiro atoms. The van der Waals surface area contributed by atoms with Crippen molar-refractivity contribution in [1.29, 1.82) is 0 Å². The molecule has 1 N–H and O–H groups in total. The molecule has 0 aromatic carbocycles. The highest BCUT2D eigenvalue weighted by atomic mass is 79.9. The summed E-state index contributed by atoms with van der Waals surface area (Å²) in [6.07, 6.45) is 3.29. The van der Waals surface area contributed by atoms with E-state index in [1.165, 1.54) is 4.68 Å². The summed E-state index contributed by atoms with van der Waals surface area (Å²) in [5, 5.41) is 7.29. The Kier molecular flexibility index (Phi) is 6.19. The van der Waals surface area contributed by atoms with Gasteiger partial charge in [-0.05, 0) is 28.8 Å². The Hall–Kier alpha value is -0.690. The predicted octanol–water partition coefficient (Wildman–Crippen LogP) is 1.84. The summed E-state index contributed by atoms with van der Waals surface area (Å²) in [5.74, 6) is 0.888. The van der Waals surface area contributed by atoms with Crippen LogP contribution in [0.25, 0.3) is 0 Å². The molecule has 0 saturated heterocycles. The summed E-state index contributed by atoms with van der Waals surface area (Å²) in [7, 11) is -0.875. The largest absolute Gasteiger partial charge is 0.379 e. The number of aromatic nitrogens is 2. The quantitative estimate of drug-likeness (QED) is 0.850. The third-order valence-electron chi connectivity index (χ3n) is 2.41. The molecule has 1 aromatic rings. The van der Waals surface area contributed by atoms with Crippen molar-refractivity contribution in [3.8, 4) is 0 Å². The van der Waals surface area contributed by atoms with Crippen molar-refractivity contribution in [2.24, 2.45) is 5.92 Å². The van der Waals surface area contributed by atoms with Gasteiger partial charge in [-0.25, -0.2) is 4.68 Å². The third kappa shape index (κ3) is 5.06. The molecular formula is C12H20BrN3O2S. The van der Waals surface area contributed by atoms with Crippen molar-refractivity contribution in [3.63, 3.8) is 0 Å². The predicted molar refractivity (Wildman–Crippen MR) is 83.1 cm³/mol. The van der Waals surface area contributed by atoms with E-state index in [9.17, 15) is 9.00 Å². The Morgan fingerprint density at radius 3 is 2.63 bits per heavy atom. The monoisotopic (exact) mass is 349 g/mol. The van der Waals surface area contributed by atoms with E-state index in [0.29, 0.717) is 28.4 Å². The summed E-state index contributed by atoms with van der Waals surface area (Å²) in [5.41, 5.74) is 0.492. The number of anilines is 1. The van der Waals surface area contributed by atoms with Gasteiger partial charge in [0, 0.05) is 35.4 Å². The van der Waals surface area contributed by atoms with Crippen molar-refractivity contribution >= 4 is 32.4 Å². The van der Waals surface area contributed by atoms with E-state index in [4.69, 9.17) is 0 Å². The van der Waals surface area contributed by atoms with E-state index in [1.54, 1.807) is 12.5 Å². The molecule has 108 valence electrons. The van der Waals surface area contributed by atoms with Gasteiger partial charge in [-0.1, -0.05) is 13.8 Å². The number of nitrogens with zero attached hydrogens (tertiary/aromatic N) is 2. The van der Waals surface area contributed by atoms with Crippen LogP contribution in [-0.2, 0) is 17.3 Å². The standard InChI is InChI=1S/C12H20BrN3O2S/c1-8(2)6-16-12(17)11(13)10(5-14-16)15-9(3)7-19(4)18/h5,8-9,15H,6-7H2,1-4H3. The zero-order valence-corrected chi connectivity index (χ0v) is 14.0. The van der Waals surface area contributed by atoms with Crippen LogP contribution in [0.4, 0.5) is 5.69 Å². The van der Waals surface area contributed by atoms with E-state index >= 15 is 0 Å². The summed E-state index contributed by atoms with van der Waals surface area (Å²) in [6, 6.07) is 0.0179. The SMILES string of the molecule is CC(C)Cn1ncc(NC(C)CS(C)=O)c(Br)c1=O. The van der Waals surface area contributed by atoms with E-state index in [0.717, 1.165) is 0 Å². The molecule has 1 rings (SSSR count). The Labute approximate surface area is 124 Å². The molecule has 0 saturated carbocycles. The molecule has 0 amide bonds. The van der Waals surface area contributed by atoms with Gasteiger partial charge in [0.1, 0.15) is 4.47 Å². The molecule has 19 heavy (non-hydrogen) atoms. The zero-order chi connectivity index (χ0) is 14.6. The average molecular weight is 350 g/mol. The van der Waals surface area contributed by atoms with Crippen molar-refractivity contribution < 1.29 is 4.21 Å². The highest BCUT2D eigenvalue weighted by molar-refractivity contribution is 9.10. The summed E-state index contributed by atoms with van der Waals surface area (Å²) in [4.78, 5) is 12.1. The lowest BCUT2D eigenvalue weighted by molar-refractivity contribution is 0.462. The first-order valence-electron chi connectivity index (χ1n) is 6.13. The normalized spacial score (nSPS) is 14.4. The fourth-order valence-electron chi connectivity index (χ4n) is 1.70. The molecule has 0 aliphatic heterocycles. The highest BCUT2D eigenvalue weighted by Crippen LogP contribution is 2.17. The topological polar surface area (TPSA) is 64.0 Å². The molecule has 2 atom stereocenters. The van der Waals surface area contributed by atoms with Crippen LogP contribution in [0.1, 0.15) is 20.8 Å². The molecule has 1 aromatic heterocycles. The van der Waals surface area contributed by atoms with Crippen LogP contribution in [-0.4, -0.2) is 32.0 Å². The van der Waals surface area contributed by atoms with Crippen LogP contribution >= 0.6 is 15.9 Å². The van der Waals surface area contributed by atoms with Gasteiger partial charge in [0.25, 0.3) is 5.56 Å². The molecule has 0 aliphatic rings. The van der Waals surface area contributed by atoms with Crippen molar-refractivity contribution in [1.82, 2.24) is 9.78 Å². The minimum atomic E-state index is -0.875. The minimum absolute atomic E-state index is 0.0179. The van der Waals surface area contributed by atoms with Gasteiger partial charge >= 0.3 is 0 Å². The molecule has 0 bridgehead atoms. The number of rotatable bonds is 6. The molecule has 0 radical (unpaired) electrons. The fraction of sp³-hybridized carbons (Fsp3) is 0.667. The first-order chi connectivity index (χ1) is 8.81. The fourth-order valence-corrected chi connectivity index (χ4v) is 2.91. The van der Waals surface area contributed by atoms with Gasteiger partial charge in [-0.3, -0.25) is 9.00 Å². The second-order valence-corrected chi connectivity index (χ2v) is 7.31. The molecular weight excluding hydrogens is 330 g/mol. The van der Waals surface area contributed by atoms with Crippen LogP contribution in [0.15, 0.2) is 15.5 Å². The average Bonchev–Trinajstić information content (AvgIpc) is 2.27. The molecule has 2 unspecified atom stereocenters. The number of halogens is 1. The lowest BCUT2D eigenvalue weighted by Gasteiger charge is -2.16.